The Balaban J connectivity index is 2.46. The van der Waals surface area contributed by atoms with Crippen LogP contribution in [0.3, 0.4) is 0 Å². The number of benzene rings is 1. The van der Waals surface area contributed by atoms with Crippen molar-refractivity contribution < 1.29 is 19.5 Å². The van der Waals surface area contributed by atoms with Gasteiger partial charge in [-0.15, -0.1) is 0 Å². The van der Waals surface area contributed by atoms with Crippen molar-refractivity contribution in [3.63, 3.8) is 0 Å². The molecule has 0 saturated carbocycles. The number of hydrogen-bond acceptors (Lipinski definition) is 5. The van der Waals surface area contributed by atoms with Crippen LogP contribution in [0.1, 0.15) is 18.4 Å². The van der Waals surface area contributed by atoms with Crippen molar-refractivity contribution in [1.29, 1.82) is 0 Å². The van der Waals surface area contributed by atoms with Crippen molar-refractivity contribution >= 4 is 0 Å². The molecule has 1 aliphatic rings. The van der Waals surface area contributed by atoms with E-state index in [0.29, 0.717) is 17.1 Å². The van der Waals surface area contributed by atoms with Crippen LogP contribution < -0.4 is 9.47 Å². The third-order valence-electron chi connectivity index (χ3n) is 3.30. The predicted molar refractivity (Wildman–Crippen MR) is 63.4 cm³/mol. The molecule has 0 bridgehead atoms. The van der Waals surface area contributed by atoms with Crippen molar-refractivity contribution in [1.82, 2.24) is 0 Å². The molecular formula is C12H15NO5. The fourth-order valence-electron chi connectivity index (χ4n) is 2.25. The molecular weight excluding hydrogens is 238 g/mol. The number of aliphatic hydroxyl groups excluding tert-OH is 1. The standard InChI is InChI=1S/C12H15NO5/c1-7-9(6-13(15)16)8-4-3-5-10(17-2)11(8)18-12(7)14/h3-5,7,9,12,14H,6H2,1-2H3/t7-,9+,12?/m0/s1. The minimum Gasteiger partial charge on any atom is -0.493 e. The second-order valence-electron chi connectivity index (χ2n) is 4.37. The average molecular weight is 253 g/mol. The van der Waals surface area contributed by atoms with Crippen LogP contribution in [0.15, 0.2) is 18.2 Å². The maximum atomic E-state index is 10.7. The summed E-state index contributed by atoms with van der Waals surface area (Å²) < 4.78 is 10.5. The molecule has 1 aromatic rings. The SMILES string of the molecule is COc1cccc2c1OC(O)[C@@H](C)[C@H]2C[N+](=O)[O-]. The molecule has 0 aromatic heterocycles. The summed E-state index contributed by atoms with van der Waals surface area (Å²) >= 11 is 0. The molecule has 0 fully saturated rings. The summed E-state index contributed by atoms with van der Waals surface area (Å²) in [4.78, 5) is 10.4. The van der Waals surface area contributed by atoms with E-state index < -0.39 is 6.29 Å². The summed E-state index contributed by atoms with van der Waals surface area (Å²) in [6.45, 7) is 1.50. The van der Waals surface area contributed by atoms with Gasteiger partial charge in [0.2, 0.25) is 12.8 Å². The fourth-order valence-corrected chi connectivity index (χ4v) is 2.25. The number of aliphatic hydroxyl groups is 1. The van der Waals surface area contributed by atoms with Gasteiger partial charge in [-0.05, 0) is 6.07 Å². The normalized spacial score (nSPS) is 26.1. The molecule has 0 spiro atoms. The molecule has 0 amide bonds. The van der Waals surface area contributed by atoms with Crippen LogP contribution in [0.5, 0.6) is 11.5 Å². The highest BCUT2D eigenvalue weighted by molar-refractivity contribution is 5.49. The molecule has 1 N–H and O–H groups in total. The van der Waals surface area contributed by atoms with Crippen LogP contribution in [-0.2, 0) is 0 Å². The molecule has 1 unspecified atom stereocenters. The van der Waals surface area contributed by atoms with E-state index in [4.69, 9.17) is 9.47 Å². The highest BCUT2D eigenvalue weighted by Crippen LogP contribution is 2.44. The zero-order valence-electron chi connectivity index (χ0n) is 10.2. The quantitative estimate of drug-likeness (QED) is 0.650. The highest BCUT2D eigenvalue weighted by Gasteiger charge is 2.38. The minimum absolute atomic E-state index is 0.234. The average Bonchev–Trinajstić information content (AvgIpc) is 2.34. The molecule has 98 valence electrons. The van der Waals surface area contributed by atoms with E-state index in [1.54, 1.807) is 25.1 Å². The number of nitro groups is 1. The lowest BCUT2D eigenvalue weighted by Gasteiger charge is -2.33. The predicted octanol–water partition coefficient (Wildman–Crippen LogP) is 1.40. The Morgan fingerprint density at radius 3 is 2.89 bits per heavy atom. The van der Waals surface area contributed by atoms with Gasteiger partial charge in [-0.3, -0.25) is 10.1 Å². The lowest BCUT2D eigenvalue weighted by molar-refractivity contribution is -0.486. The van der Waals surface area contributed by atoms with Gasteiger partial charge in [0, 0.05) is 16.4 Å². The number of ether oxygens (including phenoxy) is 2. The zero-order valence-corrected chi connectivity index (χ0v) is 10.2. The smallest absolute Gasteiger partial charge is 0.211 e. The van der Waals surface area contributed by atoms with Crippen molar-refractivity contribution in [2.24, 2.45) is 5.92 Å². The van der Waals surface area contributed by atoms with Gasteiger partial charge in [0.05, 0.1) is 13.0 Å². The first kappa shape index (κ1) is 12.6. The summed E-state index contributed by atoms with van der Waals surface area (Å²) in [6, 6.07) is 5.23. The molecule has 3 atom stereocenters. The number of nitrogens with zero attached hydrogens (tertiary/aromatic N) is 1. The van der Waals surface area contributed by atoms with E-state index in [2.05, 4.69) is 0 Å². The van der Waals surface area contributed by atoms with E-state index in [1.165, 1.54) is 7.11 Å². The van der Waals surface area contributed by atoms with E-state index in [1.807, 2.05) is 0 Å². The monoisotopic (exact) mass is 253 g/mol. The van der Waals surface area contributed by atoms with Crippen molar-refractivity contribution in [3.05, 3.63) is 33.9 Å². The highest BCUT2D eigenvalue weighted by atomic mass is 16.6. The first-order valence-corrected chi connectivity index (χ1v) is 5.68. The minimum atomic E-state index is -1.06. The Kier molecular flexibility index (Phi) is 3.38. The molecule has 6 nitrogen and oxygen atoms in total. The maximum Gasteiger partial charge on any atom is 0.211 e. The number of fused-ring (bicyclic) bond motifs is 1. The molecule has 6 heteroatoms. The van der Waals surface area contributed by atoms with Crippen LogP contribution in [0.2, 0.25) is 0 Å². The van der Waals surface area contributed by atoms with Gasteiger partial charge in [0.15, 0.2) is 11.5 Å². The molecule has 1 heterocycles. The second-order valence-corrected chi connectivity index (χ2v) is 4.37. The van der Waals surface area contributed by atoms with Crippen LogP contribution in [0.25, 0.3) is 0 Å². The van der Waals surface area contributed by atoms with Crippen molar-refractivity contribution in [2.45, 2.75) is 19.1 Å². The van der Waals surface area contributed by atoms with E-state index >= 15 is 0 Å². The summed E-state index contributed by atoms with van der Waals surface area (Å²) in [5, 5.41) is 20.6. The van der Waals surface area contributed by atoms with E-state index in [9.17, 15) is 15.2 Å². The summed E-state index contributed by atoms with van der Waals surface area (Å²) in [5.74, 6) is 0.160. The third-order valence-corrected chi connectivity index (χ3v) is 3.30. The lowest BCUT2D eigenvalue weighted by Crippen LogP contribution is -2.37. The first-order valence-electron chi connectivity index (χ1n) is 5.68. The molecule has 1 aliphatic heterocycles. The third kappa shape index (κ3) is 2.11. The molecule has 0 saturated heterocycles. The second kappa shape index (κ2) is 4.81. The van der Waals surface area contributed by atoms with Crippen LogP contribution in [-0.4, -0.2) is 30.0 Å². The van der Waals surface area contributed by atoms with Crippen molar-refractivity contribution in [3.8, 4) is 11.5 Å². The Labute approximate surface area is 104 Å². The number of para-hydroxylation sites is 1. The molecule has 18 heavy (non-hydrogen) atoms. The van der Waals surface area contributed by atoms with Gasteiger partial charge in [-0.2, -0.15) is 0 Å². The Morgan fingerprint density at radius 1 is 1.56 bits per heavy atom. The first-order chi connectivity index (χ1) is 8.54. The summed E-state index contributed by atoms with van der Waals surface area (Å²) in [7, 11) is 1.49. The van der Waals surface area contributed by atoms with Gasteiger partial charge in [0.1, 0.15) is 0 Å². The Morgan fingerprint density at radius 2 is 2.28 bits per heavy atom. The lowest BCUT2D eigenvalue weighted by atomic mass is 9.84. The maximum absolute atomic E-state index is 10.7. The molecule has 0 radical (unpaired) electrons. The topological polar surface area (TPSA) is 81.8 Å². The van der Waals surface area contributed by atoms with Gasteiger partial charge in [-0.1, -0.05) is 19.1 Å². The van der Waals surface area contributed by atoms with Crippen LogP contribution >= 0.6 is 0 Å². The van der Waals surface area contributed by atoms with E-state index in [-0.39, 0.29) is 23.3 Å². The van der Waals surface area contributed by atoms with Crippen molar-refractivity contribution in [2.75, 3.05) is 13.7 Å². The van der Waals surface area contributed by atoms with Gasteiger partial charge < -0.3 is 14.6 Å². The van der Waals surface area contributed by atoms with Crippen LogP contribution in [0.4, 0.5) is 0 Å². The number of methoxy groups -OCH3 is 1. The molecule has 2 rings (SSSR count). The van der Waals surface area contributed by atoms with Gasteiger partial charge in [-0.25, -0.2) is 0 Å². The molecule has 1 aromatic carbocycles. The number of rotatable bonds is 3. The Hall–Kier alpha value is -1.82. The van der Waals surface area contributed by atoms with Gasteiger partial charge in [0.25, 0.3) is 0 Å². The largest absolute Gasteiger partial charge is 0.493 e. The van der Waals surface area contributed by atoms with Gasteiger partial charge >= 0.3 is 0 Å². The summed E-state index contributed by atoms with van der Waals surface area (Å²) in [6.07, 6.45) is -1.06. The van der Waals surface area contributed by atoms with Crippen LogP contribution in [0, 0.1) is 16.0 Å². The fraction of sp³-hybridized carbons (Fsp3) is 0.500. The van der Waals surface area contributed by atoms with E-state index in [0.717, 1.165) is 0 Å². The molecule has 0 aliphatic carbocycles. The number of hydrogen-bond donors (Lipinski definition) is 1. The summed E-state index contributed by atoms with van der Waals surface area (Å²) in [5.41, 5.74) is 0.712. The zero-order chi connectivity index (χ0) is 13.3. The Bertz CT molecular complexity index is 462.